The van der Waals surface area contributed by atoms with E-state index in [1.54, 1.807) is 6.92 Å². The fraction of sp³-hybridized carbons (Fsp3) is 0.550. The molecule has 3 rings (SSSR count). The molecular formula is C20H26FN3O3. The van der Waals surface area contributed by atoms with Crippen LogP contribution in [-0.2, 0) is 9.59 Å². The number of hydrogen-bond donors (Lipinski definition) is 2. The van der Waals surface area contributed by atoms with Crippen LogP contribution in [0.25, 0.3) is 0 Å². The second-order valence-electron chi connectivity index (χ2n) is 8.77. The molecule has 2 aliphatic rings. The van der Waals surface area contributed by atoms with E-state index >= 15 is 0 Å². The van der Waals surface area contributed by atoms with E-state index in [1.807, 2.05) is 0 Å². The average molecular weight is 375 g/mol. The summed E-state index contributed by atoms with van der Waals surface area (Å²) in [7, 11) is 0. The maximum Gasteiger partial charge on any atom is 0.325 e. The van der Waals surface area contributed by atoms with Crippen LogP contribution in [0.1, 0.15) is 45.6 Å². The summed E-state index contributed by atoms with van der Waals surface area (Å²) in [5.41, 5.74) is 0.0319. The van der Waals surface area contributed by atoms with Crippen LogP contribution in [-0.4, -0.2) is 34.8 Å². The predicted octanol–water partition coefficient (Wildman–Crippen LogP) is 3.21. The lowest BCUT2D eigenvalue weighted by molar-refractivity contribution is -0.136. The first kappa shape index (κ1) is 19.3. The number of hydrogen-bond acceptors (Lipinski definition) is 3. The van der Waals surface area contributed by atoms with E-state index in [2.05, 4.69) is 31.4 Å². The highest BCUT2D eigenvalue weighted by molar-refractivity contribution is 6.10. The number of nitrogens with one attached hydrogen (secondary N) is 2. The Morgan fingerprint density at radius 3 is 2.67 bits per heavy atom. The molecule has 6 nitrogen and oxygen atoms in total. The van der Waals surface area contributed by atoms with E-state index in [4.69, 9.17) is 0 Å². The Kier molecular flexibility index (Phi) is 4.74. The van der Waals surface area contributed by atoms with Gasteiger partial charge in [0.15, 0.2) is 0 Å². The Bertz CT molecular complexity index is 808. The number of carbonyl (C=O) groups excluding carboxylic acids is 3. The number of amides is 4. The first-order chi connectivity index (χ1) is 12.5. The van der Waals surface area contributed by atoms with Gasteiger partial charge >= 0.3 is 6.03 Å². The third kappa shape index (κ3) is 3.82. The minimum Gasteiger partial charge on any atom is -0.324 e. The Morgan fingerprint density at radius 2 is 2.04 bits per heavy atom. The summed E-state index contributed by atoms with van der Waals surface area (Å²) in [5, 5.41) is 5.49. The van der Waals surface area contributed by atoms with Gasteiger partial charge < -0.3 is 10.6 Å². The van der Waals surface area contributed by atoms with Crippen molar-refractivity contribution in [2.24, 2.45) is 11.3 Å². The van der Waals surface area contributed by atoms with Crippen molar-refractivity contribution in [1.82, 2.24) is 10.2 Å². The number of nitrogens with zero attached hydrogens (tertiary/aromatic N) is 1. The second-order valence-corrected chi connectivity index (χ2v) is 8.77. The number of urea groups is 1. The van der Waals surface area contributed by atoms with E-state index in [1.165, 1.54) is 18.2 Å². The molecule has 1 heterocycles. The average Bonchev–Trinajstić information content (AvgIpc) is 2.72. The Morgan fingerprint density at radius 1 is 1.33 bits per heavy atom. The number of aryl methyl sites for hydroxylation is 1. The molecule has 1 aromatic carbocycles. The summed E-state index contributed by atoms with van der Waals surface area (Å²) in [5.74, 6) is -0.921. The van der Waals surface area contributed by atoms with Crippen LogP contribution in [0, 0.1) is 24.1 Å². The Balaban J connectivity index is 1.73. The Labute approximate surface area is 158 Å². The molecule has 1 aromatic rings. The largest absolute Gasteiger partial charge is 0.325 e. The zero-order chi connectivity index (χ0) is 20.0. The highest BCUT2D eigenvalue weighted by Gasteiger charge is 2.56. The lowest BCUT2D eigenvalue weighted by atomic mass is 9.64. The predicted molar refractivity (Wildman–Crippen MR) is 99.5 cm³/mol. The Hall–Kier alpha value is -2.44. The van der Waals surface area contributed by atoms with Gasteiger partial charge in [-0.1, -0.05) is 20.8 Å². The van der Waals surface area contributed by atoms with Gasteiger partial charge in [-0.05, 0) is 61.3 Å². The first-order valence-corrected chi connectivity index (χ1v) is 9.21. The van der Waals surface area contributed by atoms with Crippen LogP contribution >= 0.6 is 0 Å². The van der Waals surface area contributed by atoms with Crippen LogP contribution < -0.4 is 10.6 Å². The van der Waals surface area contributed by atoms with Crippen LogP contribution in [0.4, 0.5) is 14.9 Å². The van der Waals surface area contributed by atoms with Gasteiger partial charge in [0.05, 0.1) is 0 Å². The van der Waals surface area contributed by atoms with E-state index in [0.29, 0.717) is 30.0 Å². The molecule has 2 fully saturated rings. The molecule has 2 atom stereocenters. The number of benzene rings is 1. The summed E-state index contributed by atoms with van der Waals surface area (Å²) in [6.45, 7) is 7.58. The fourth-order valence-electron chi connectivity index (χ4n) is 4.75. The summed E-state index contributed by atoms with van der Waals surface area (Å²) in [6.07, 6.45) is 2.13. The number of rotatable bonds is 3. The molecule has 1 spiro atoms. The molecule has 1 aliphatic heterocycles. The molecule has 1 aliphatic carbocycles. The van der Waals surface area contributed by atoms with Gasteiger partial charge in [-0.15, -0.1) is 0 Å². The zero-order valence-corrected chi connectivity index (χ0v) is 16.2. The molecule has 1 saturated carbocycles. The molecule has 0 unspecified atom stereocenters. The van der Waals surface area contributed by atoms with Crippen LogP contribution in [0.2, 0.25) is 0 Å². The molecule has 2 N–H and O–H groups in total. The van der Waals surface area contributed by atoms with Crippen molar-refractivity contribution >= 4 is 23.5 Å². The number of anilines is 1. The minimum atomic E-state index is -0.926. The topological polar surface area (TPSA) is 78.5 Å². The van der Waals surface area contributed by atoms with Gasteiger partial charge in [0.2, 0.25) is 5.91 Å². The summed E-state index contributed by atoms with van der Waals surface area (Å²) in [6, 6.07) is 3.48. The number of carbonyl (C=O) groups is 3. The normalized spacial score (nSPS) is 27.0. The van der Waals surface area contributed by atoms with Crippen molar-refractivity contribution in [3.8, 4) is 0 Å². The quantitative estimate of drug-likeness (QED) is 0.797. The van der Waals surface area contributed by atoms with Crippen LogP contribution in [0.3, 0.4) is 0 Å². The van der Waals surface area contributed by atoms with Crippen molar-refractivity contribution in [3.05, 3.63) is 29.6 Å². The summed E-state index contributed by atoms with van der Waals surface area (Å²) in [4.78, 5) is 38.8. The smallest absolute Gasteiger partial charge is 0.324 e. The van der Waals surface area contributed by atoms with Gasteiger partial charge in [0.1, 0.15) is 17.9 Å². The van der Waals surface area contributed by atoms with Gasteiger partial charge in [0.25, 0.3) is 5.91 Å². The van der Waals surface area contributed by atoms with Crippen molar-refractivity contribution < 1.29 is 18.8 Å². The van der Waals surface area contributed by atoms with Crippen molar-refractivity contribution in [2.45, 2.75) is 52.5 Å². The van der Waals surface area contributed by atoms with Crippen LogP contribution in [0.5, 0.6) is 0 Å². The SMILES string of the molecule is Cc1cc(F)ccc1NC(=O)CN1C(=O)N[C@]2(C[C@@H](C)CC(C)(C)C2)C1=O. The van der Waals surface area contributed by atoms with Gasteiger partial charge in [-0.3, -0.25) is 14.5 Å². The van der Waals surface area contributed by atoms with Crippen molar-refractivity contribution in [1.29, 1.82) is 0 Å². The van der Waals surface area contributed by atoms with Gasteiger partial charge in [-0.25, -0.2) is 9.18 Å². The molecule has 4 amide bonds. The third-order valence-corrected chi connectivity index (χ3v) is 5.39. The van der Waals surface area contributed by atoms with E-state index in [0.717, 1.165) is 11.3 Å². The molecule has 0 bridgehead atoms. The standard InChI is InChI=1S/C20H26FN3O3/c1-12-8-19(3,4)11-20(9-12)17(26)24(18(27)23-20)10-16(25)22-15-6-5-14(21)7-13(15)2/h5-7,12H,8-11H2,1-4H3,(H,22,25)(H,23,27)/t12-,20-/m0/s1. The fourth-order valence-corrected chi connectivity index (χ4v) is 4.75. The number of halogens is 1. The highest BCUT2D eigenvalue weighted by atomic mass is 19.1. The molecule has 27 heavy (non-hydrogen) atoms. The lowest BCUT2D eigenvalue weighted by Crippen LogP contribution is -2.54. The van der Waals surface area contributed by atoms with Crippen molar-refractivity contribution in [2.75, 3.05) is 11.9 Å². The molecule has 0 aromatic heterocycles. The molecule has 0 radical (unpaired) electrons. The lowest BCUT2D eigenvalue weighted by Gasteiger charge is -2.43. The maximum atomic E-state index is 13.2. The van der Waals surface area contributed by atoms with E-state index in [9.17, 15) is 18.8 Å². The molecular weight excluding hydrogens is 349 g/mol. The van der Waals surface area contributed by atoms with Gasteiger partial charge in [-0.2, -0.15) is 0 Å². The van der Waals surface area contributed by atoms with Crippen LogP contribution in [0.15, 0.2) is 18.2 Å². The van der Waals surface area contributed by atoms with E-state index in [-0.39, 0.29) is 17.9 Å². The van der Waals surface area contributed by atoms with Gasteiger partial charge in [0, 0.05) is 5.69 Å². The summed E-state index contributed by atoms with van der Waals surface area (Å²) >= 11 is 0. The second kappa shape index (κ2) is 6.62. The minimum absolute atomic E-state index is 0.0654. The molecule has 1 saturated heterocycles. The zero-order valence-electron chi connectivity index (χ0n) is 16.2. The number of imide groups is 1. The van der Waals surface area contributed by atoms with E-state index < -0.39 is 23.3 Å². The van der Waals surface area contributed by atoms with Crippen molar-refractivity contribution in [3.63, 3.8) is 0 Å². The first-order valence-electron chi connectivity index (χ1n) is 9.21. The molecule has 146 valence electrons. The molecule has 7 heteroatoms. The monoisotopic (exact) mass is 375 g/mol. The summed E-state index contributed by atoms with van der Waals surface area (Å²) < 4.78 is 13.2. The maximum absolute atomic E-state index is 13.2. The third-order valence-electron chi connectivity index (χ3n) is 5.39. The highest BCUT2D eigenvalue weighted by Crippen LogP contribution is 2.46.